The zero-order chi connectivity index (χ0) is 14.4. The third kappa shape index (κ3) is 4.65. The number of hydrogen-bond acceptors (Lipinski definition) is 4. The number of halogens is 1. The van der Waals surface area contributed by atoms with Crippen LogP contribution in [0, 0.1) is 11.7 Å². The Morgan fingerprint density at radius 2 is 2.15 bits per heavy atom. The fraction of sp³-hybridized carbons (Fsp3) is 0.467. The Morgan fingerprint density at radius 1 is 1.30 bits per heavy atom. The summed E-state index contributed by atoms with van der Waals surface area (Å²) in [5.74, 6) is 0.438. The standard InChI is InChI=1S/C15H20FN3S/c1-11(2)10-17-8-4-7-14-18-19-15(20-14)12-5-3-6-13(16)9-12/h3,5-6,9,11,17H,4,7-8,10H2,1-2H3. The first-order valence-electron chi connectivity index (χ1n) is 6.94. The molecule has 0 unspecified atom stereocenters. The van der Waals surface area contributed by atoms with Crippen molar-refractivity contribution < 1.29 is 4.39 Å². The summed E-state index contributed by atoms with van der Waals surface area (Å²) in [6, 6.07) is 6.49. The van der Waals surface area contributed by atoms with Crippen LogP contribution in [-0.2, 0) is 6.42 Å². The van der Waals surface area contributed by atoms with Crippen molar-refractivity contribution in [3.8, 4) is 10.6 Å². The fourth-order valence-electron chi connectivity index (χ4n) is 1.85. The quantitative estimate of drug-likeness (QED) is 0.794. The number of rotatable bonds is 7. The van der Waals surface area contributed by atoms with Gasteiger partial charge >= 0.3 is 0 Å². The van der Waals surface area contributed by atoms with Crippen molar-refractivity contribution >= 4 is 11.3 Å². The van der Waals surface area contributed by atoms with E-state index in [4.69, 9.17) is 0 Å². The second kappa shape index (κ2) is 7.45. The molecule has 0 aliphatic rings. The highest BCUT2D eigenvalue weighted by Crippen LogP contribution is 2.24. The van der Waals surface area contributed by atoms with E-state index < -0.39 is 0 Å². The van der Waals surface area contributed by atoms with Gasteiger partial charge in [-0.1, -0.05) is 37.3 Å². The van der Waals surface area contributed by atoms with Gasteiger partial charge in [0.15, 0.2) is 0 Å². The second-order valence-electron chi connectivity index (χ2n) is 5.21. The molecule has 3 nitrogen and oxygen atoms in total. The molecule has 0 aliphatic carbocycles. The second-order valence-corrected chi connectivity index (χ2v) is 6.27. The summed E-state index contributed by atoms with van der Waals surface area (Å²) in [5.41, 5.74) is 0.798. The van der Waals surface area contributed by atoms with E-state index in [2.05, 4.69) is 29.4 Å². The number of aryl methyl sites for hydroxylation is 1. The molecule has 2 rings (SSSR count). The first kappa shape index (κ1) is 15.1. The highest BCUT2D eigenvalue weighted by molar-refractivity contribution is 7.14. The van der Waals surface area contributed by atoms with Gasteiger partial charge < -0.3 is 5.32 Å². The van der Waals surface area contributed by atoms with Crippen LogP contribution in [0.2, 0.25) is 0 Å². The number of aromatic nitrogens is 2. The van der Waals surface area contributed by atoms with Crippen LogP contribution in [0.25, 0.3) is 10.6 Å². The van der Waals surface area contributed by atoms with Gasteiger partial charge in [0.1, 0.15) is 15.8 Å². The first-order valence-corrected chi connectivity index (χ1v) is 7.76. The van der Waals surface area contributed by atoms with Gasteiger partial charge in [0.05, 0.1) is 0 Å². The Balaban J connectivity index is 1.83. The lowest BCUT2D eigenvalue weighted by Gasteiger charge is -2.05. The Bertz CT molecular complexity index is 539. The molecule has 0 fully saturated rings. The zero-order valence-corrected chi connectivity index (χ0v) is 12.7. The van der Waals surface area contributed by atoms with Crippen molar-refractivity contribution in [3.63, 3.8) is 0 Å². The average molecular weight is 293 g/mol. The number of benzene rings is 1. The van der Waals surface area contributed by atoms with E-state index in [9.17, 15) is 4.39 Å². The average Bonchev–Trinajstić information content (AvgIpc) is 2.87. The van der Waals surface area contributed by atoms with E-state index in [-0.39, 0.29) is 5.82 Å². The number of nitrogens with zero attached hydrogens (tertiary/aromatic N) is 2. The fourth-order valence-corrected chi connectivity index (χ4v) is 2.73. The summed E-state index contributed by atoms with van der Waals surface area (Å²) in [7, 11) is 0. The molecule has 0 saturated carbocycles. The summed E-state index contributed by atoms with van der Waals surface area (Å²) in [5, 5.41) is 13.5. The van der Waals surface area contributed by atoms with E-state index in [0.29, 0.717) is 5.92 Å². The van der Waals surface area contributed by atoms with E-state index in [1.54, 1.807) is 17.4 Å². The molecule has 0 atom stereocenters. The van der Waals surface area contributed by atoms with Crippen LogP contribution < -0.4 is 5.32 Å². The van der Waals surface area contributed by atoms with Crippen molar-refractivity contribution in [2.45, 2.75) is 26.7 Å². The molecule has 1 N–H and O–H groups in total. The molecule has 20 heavy (non-hydrogen) atoms. The molecule has 1 heterocycles. The molecule has 0 amide bonds. The molecule has 108 valence electrons. The minimum atomic E-state index is -0.239. The lowest BCUT2D eigenvalue weighted by atomic mass is 10.2. The van der Waals surface area contributed by atoms with E-state index in [1.807, 2.05) is 6.07 Å². The van der Waals surface area contributed by atoms with Gasteiger partial charge in [-0.15, -0.1) is 10.2 Å². The van der Waals surface area contributed by atoms with E-state index in [1.165, 1.54) is 12.1 Å². The van der Waals surface area contributed by atoms with Crippen molar-refractivity contribution in [2.75, 3.05) is 13.1 Å². The third-order valence-electron chi connectivity index (χ3n) is 2.84. The van der Waals surface area contributed by atoms with Crippen molar-refractivity contribution in [2.24, 2.45) is 5.92 Å². The van der Waals surface area contributed by atoms with Gasteiger partial charge in [-0.25, -0.2) is 4.39 Å². The molecule has 0 saturated heterocycles. The molecule has 0 spiro atoms. The van der Waals surface area contributed by atoms with Crippen molar-refractivity contribution in [1.82, 2.24) is 15.5 Å². The van der Waals surface area contributed by atoms with Crippen LogP contribution in [0.3, 0.4) is 0 Å². The third-order valence-corrected chi connectivity index (χ3v) is 3.87. The molecular weight excluding hydrogens is 273 g/mol. The molecular formula is C15H20FN3S. The first-order chi connectivity index (χ1) is 9.65. The Morgan fingerprint density at radius 3 is 2.90 bits per heavy atom. The van der Waals surface area contributed by atoms with Gasteiger partial charge in [0.25, 0.3) is 0 Å². The normalized spacial score (nSPS) is 11.2. The predicted molar refractivity (Wildman–Crippen MR) is 81.3 cm³/mol. The van der Waals surface area contributed by atoms with Crippen LogP contribution in [-0.4, -0.2) is 23.3 Å². The Hall–Kier alpha value is -1.33. The summed E-state index contributed by atoms with van der Waals surface area (Å²) in [6.07, 6.45) is 1.96. The minimum Gasteiger partial charge on any atom is -0.316 e. The van der Waals surface area contributed by atoms with E-state index >= 15 is 0 Å². The van der Waals surface area contributed by atoms with Crippen LogP contribution in [0.4, 0.5) is 4.39 Å². The molecule has 0 aliphatic heterocycles. The van der Waals surface area contributed by atoms with Gasteiger partial charge in [-0.2, -0.15) is 0 Å². The number of nitrogens with one attached hydrogen (secondary N) is 1. The minimum absolute atomic E-state index is 0.239. The molecule has 1 aromatic heterocycles. The Kier molecular flexibility index (Phi) is 5.61. The topological polar surface area (TPSA) is 37.8 Å². The maximum atomic E-state index is 13.2. The largest absolute Gasteiger partial charge is 0.316 e. The summed E-state index contributed by atoms with van der Waals surface area (Å²) in [4.78, 5) is 0. The highest BCUT2D eigenvalue weighted by Gasteiger charge is 2.07. The predicted octanol–water partition coefficient (Wildman–Crippen LogP) is 3.52. The lowest BCUT2D eigenvalue weighted by molar-refractivity contribution is 0.542. The van der Waals surface area contributed by atoms with Crippen LogP contribution in [0.15, 0.2) is 24.3 Å². The molecule has 2 aromatic rings. The van der Waals surface area contributed by atoms with Gasteiger partial charge in [0, 0.05) is 12.0 Å². The zero-order valence-electron chi connectivity index (χ0n) is 11.9. The SMILES string of the molecule is CC(C)CNCCCc1nnc(-c2cccc(F)c2)s1. The van der Waals surface area contributed by atoms with E-state index in [0.717, 1.165) is 41.5 Å². The van der Waals surface area contributed by atoms with Crippen LogP contribution in [0.1, 0.15) is 25.3 Å². The summed E-state index contributed by atoms with van der Waals surface area (Å²) in [6.45, 7) is 6.43. The van der Waals surface area contributed by atoms with Gasteiger partial charge in [0.2, 0.25) is 0 Å². The molecule has 0 bridgehead atoms. The Labute approximate surface area is 123 Å². The smallest absolute Gasteiger partial charge is 0.147 e. The molecule has 0 radical (unpaired) electrons. The molecule has 1 aromatic carbocycles. The van der Waals surface area contributed by atoms with Crippen molar-refractivity contribution in [1.29, 1.82) is 0 Å². The highest BCUT2D eigenvalue weighted by atomic mass is 32.1. The van der Waals surface area contributed by atoms with Crippen molar-refractivity contribution in [3.05, 3.63) is 35.1 Å². The monoisotopic (exact) mass is 293 g/mol. The summed E-state index contributed by atoms with van der Waals surface area (Å²) < 4.78 is 13.2. The maximum absolute atomic E-state index is 13.2. The maximum Gasteiger partial charge on any atom is 0.147 e. The van der Waals surface area contributed by atoms with Crippen LogP contribution in [0.5, 0.6) is 0 Å². The molecule has 5 heteroatoms. The lowest BCUT2D eigenvalue weighted by Crippen LogP contribution is -2.21. The number of hydrogen-bond donors (Lipinski definition) is 1. The van der Waals surface area contributed by atoms with Crippen LogP contribution >= 0.6 is 11.3 Å². The van der Waals surface area contributed by atoms with Gasteiger partial charge in [-0.05, 0) is 37.6 Å². The van der Waals surface area contributed by atoms with Gasteiger partial charge in [-0.3, -0.25) is 0 Å². The summed E-state index contributed by atoms with van der Waals surface area (Å²) >= 11 is 1.54.